The van der Waals surface area contributed by atoms with E-state index in [0.717, 1.165) is 4.73 Å². The van der Waals surface area contributed by atoms with Crippen LogP contribution in [0.3, 0.4) is 0 Å². The van der Waals surface area contributed by atoms with Gasteiger partial charge in [0.15, 0.2) is 0 Å². The molecule has 0 atom stereocenters. The van der Waals surface area contributed by atoms with Gasteiger partial charge >= 0.3 is 0 Å². The van der Waals surface area contributed by atoms with Gasteiger partial charge in [0.05, 0.1) is 0 Å². The molecule has 0 bridgehead atoms. The lowest BCUT2D eigenvalue weighted by molar-refractivity contribution is 0.127. The lowest BCUT2D eigenvalue weighted by Gasteiger charge is -1.95. The normalized spacial score (nSPS) is 9.12. The number of nitrogens with zero attached hydrogens (tertiary/aromatic N) is 1. The van der Waals surface area contributed by atoms with E-state index < -0.39 is 0 Å². The quantitative estimate of drug-likeness (QED) is 0.526. The van der Waals surface area contributed by atoms with Gasteiger partial charge in [-0.1, -0.05) is 0 Å². The molecule has 0 N–H and O–H groups in total. The van der Waals surface area contributed by atoms with Crippen LogP contribution >= 0.6 is 0 Å². The van der Waals surface area contributed by atoms with Gasteiger partial charge in [-0.25, -0.2) is 0 Å². The molecule has 1 rings (SSSR count). The Kier molecular flexibility index (Phi) is 1.12. The molecule has 0 aliphatic rings. The van der Waals surface area contributed by atoms with Crippen LogP contribution < -0.4 is 4.84 Å². The molecule has 0 fully saturated rings. The van der Waals surface area contributed by atoms with Gasteiger partial charge in [0.2, 0.25) is 0 Å². The highest BCUT2D eigenvalue weighted by Crippen LogP contribution is 2.06. The lowest BCUT2D eigenvalue weighted by atomic mass is 10.7. The van der Waals surface area contributed by atoms with Gasteiger partial charge < -0.3 is 4.84 Å². The van der Waals surface area contributed by atoms with E-state index in [1.165, 1.54) is 13.2 Å². The molecule has 3 heteroatoms. The zero-order valence-corrected chi connectivity index (χ0v) is 4.50. The average Bonchev–Trinajstić information content (AvgIpc) is 2.14. The first-order valence-corrected chi connectivity index (χ1v) is 2.23. The molecule has 0 aromatic carbocycles. The summed E-state index contributed by atoms with van der Waals surface area (Å²) in [5, 5.41) is 10.5. The maximum atomic E-state index is 10.5. The van der Waals surface area contributed by atoms with Crippen LogP contribution in [0, 0.1) is 0 Å². The minimum absolute atomic E-state index is 0.132. The van der Waals surface area contributed by atoms with Crippen molar-refractivity contribution in [2.45, 2.75) is 0 Å². The van der Waals surface area contributed by atoms with Crippen LogP contribution in [0.5, 0.6) is 5.88 Å². The third-order valence-electron chi connectivity index (χ3n) is 0.874. The number of hydrogen-bond acceptors (Lipinski definition) is 1. The monoisotopic (exact) mass is 112 g/mol. The molecule has 0 aliphatic heterocycles. The molecular weight excluding hydrogens is 106 g/mol. The van der Waals surface area contributed by atoms with Crippen LogP contribution in [0.1, 0.15) is 0 Å². The van der Waals surface area contributed by atoms with Gasteiger partial charge in [-0.05, 0) is 6.07 Å². The molecule has 0 aliphatic carbocycles. The first-order chi connectivity index (χ1) is 3.84. The SMILES string of the molecule is COn1cccc1[O]. The molecule has 0 spiro atoms. The Hall–Kier alpha value is -1.12. The summed E-state index contributed by atoms with van der Waals surface area (Å²) in [6.07, 6.45) is 1.56. The van der Waals surface area contributed by atoms with E-state index in [4.69, 9.17) is 0 Å². The highest BCUT2D eigenvalue weighted by atomic mass is 16.7. The molecular formula is C5H6NO2. The predicted octanol–water partition coefficient (Wildman–Crippen LogP) is 0.690. The fourth-order valence-electron chi connectivity index (χ4n) is 0.501. The van der Waals surface area contributed by atoms with Crippen LogP contribution in [0.2, 0.25) is 0 Å². The van der Waals surface area contributed by atoms with E-state index in [1.54, 1.807) is 12.3 Å². The zero-order chi connectivity index (χ0) is 5.98. The Morgan fingerprint density at radius 1 is 1.75 bits per heavy atom. The van der Waals surface area contributed by atoms with Crippen molar-refractivity contribution in [3.05, 3.63) is 18.3 Å². The average molecular weight is 112 g/mol. The second kappa shape index (κ2) is 1.78. The number of rotatable bonds is 1. The highest BCUT2D eigenvalue weighted by Gasteiger charge is 1.94. The van der Waals surface area contributed by atoms with Crippen molar-refractivity contribution in [2.75, 3.05) is 7.11 Å². The number of hydrogen-bond donors (Lipinski definition) is 0. The zero-order valence-electron chi connectivity index (χ0n) is 4.50. The van der Waals surface area contributed by atoms with E-state index >= 15 is 0 Å². The molecule has 0 amide bonds. The molecule has 8 heavy (non-hydrogen) atoms. The Labute approximate surface area is 47.1 Å². The van der Waals surface area contributed by atoms with Gasteiger partial charge in [-0.2, -0.15) is 4.73 Å². The van der Waals surface area contributed by atoms with Crippen LogP contribution in [0.15, 0.2) is 18.3 Å². The molecule has 1 heterocycles. The molecule has 1 aromatic heterocycles. The van der Waals surface area contributed by atoms with Crippen molar-refractivity contribution in [3.8, 4) is 5.88 Å². The lowest BCUT2D eigenvalue weighted by Crippen LogP contribution is -2.01. The minimum Gasteiger partial charge on any atom is -0.414 e. The van der Waals surface area contributed by atoms with E-state index in [-0.39, 0.29) is 5.88 Å². The molecule has 43 valence electrons. The van der Waals surface area contributed by atoms with Gasteiger partial charge in [0.25, 0.3) is 5.88 Å². The third kappa shape index (κ3) is 0.621. The second-order valence-corrected chi connectivity index (χ2v) is 1.35. The first-order valence-electron chi connectivity index (χ1n) is 2.23. The van der Waals surface area contributed by atoms with Gasteiger partial charge in [0, 0.05) is 12.3 Å². The maximum absolute atomic E-state index is 10.5. The molecule has 1 aromatic rings. The minimum atomic E-state index is -0.132. The van der Waals surface area contributed by atoms with Crippen LogP contribution in [0.25, 0.3) is 0 Å². The van der Waals surface area contributed by atoms with Crippen molar-refractivity contribution in [1.82, 2.24) is 4.73 Å². The second-order valence-electron chi connectivity index (χ2n) is 1.35. The first kappa shape index (κ1) is 5.03. The molecule has 1 radical (unpaired) electrons. The van der Waals surface area contributed by atoms with Gasteiger partial charge in [0.1, 0.15) is 7.11 Å². The number of aromatic nitrogens is 1. The summed E-state index contributed by atoms with van der Waals surface area (Å²) < 4.78 is 1.15. The standard InChI is InChI=1S/C5H6NO2/c1-8-6-4-2-3-5(6)7/h2-4H,1H3. The van der Waals surface area contributed by atoms with Crippen LogP contribution in [-0.4, -0.2) is 11.8 Å². The Morgan fingerprint density at radius 2 is 2.50 bits per heavy atom. The van der Waals surface area contributed by atoms with Crippen molar-refractivity contribution < 1.29 is 9.94 Å². The summed E-state index contributed by atoms with van der Waals surface area (Å²) in [6, 6.07) is 3.06. The summed E-state index contributed by atoms with van der Waals surface area (Å²) in [4.78, 5) is 4.59. The highest BCUT2D eigenvalue weighted by molar-refractivity contribution is 5.08. The Balaban J connectivity index is 2.92. The predicted molar refractivity (Wildman–Crippen MR) is 27.1 cm³/mol. The molecule has 3 nitrogen and oxygen atoms in total. The smallest absolute Gasteiger partial charge is 0.282 e. The maximum Gasteiger partial charge on any atom is 0.282 e. The van der Waals surface area contributed by atoms with Crippen molar-refractivity contribution >= 4 is 0 Å². The molecule has 0 unspecified atom stereocenters. The molecule has 0 saturated carbocycles. The third-order valence-corrected chi connectivity index (χ3v) is 0.874. The van der Waals surface area contributed by atoms with E-state index in [9.17, 15) is 5.11 Å². The molecule has 0 saturated heterocycles. The van der Waals surface area contributed by atoms with Crippen LogP contribution in [0.4, 0.5) is 0 Å². The summed E-state index contributed by atoms with van der Waals surface area (Å²) >= 11 is 0. The Morgan fingerprint density at radius 3 is 2.75 bits per heavy atom. The summed E-state index contributed by atoms with van der Waals surface area (Å²) in [5.74, 6) is -0.132. The van der Waals surface area contributed by atoms with Gasteiger partial charge in [-0.15, -0.1) is 0 Å². The van der Waals surface area contributed by atoms with E-state index in [2.05, 4.69) is 4.84 Å². The Bertz CT molecular complexity index is 171. The van der Waals surface area contributed by atoms with E-state index in [0.29, 0.717) is 0 Å². The van der Waals surface area contributed by atoms with E-state index in [1.807, 2.05) is 0 Å². The fraction of sp³-hybridized carbons (Fsp3) is 0.200. The van der Waals surface area contributed by atoms with Crippen molar-refractivity contribution in [2.24, 2.45) is 0 Å². The summed E-state index contributed by atoms with van der Waals surface area (Å²) in [5.41, 5.74) is 0. The van der Waals surface area contributed by atoms with Crippen molar-refractivity contribution in [3.63, 3.8) is 0 Å². The van der Waals surface area contributed by atoms with Gasteiger partial charge in [-0.3, -0.25) is 5.11 Å². The fourth-order valence-corrected chi connectivity index (χ4v) is 0.501. The van der Waals surface area contributed by atoms with Crippen LogP contribution in [-0.2, 0) is 5.11 Å². The summed E-state index contributed by atoms with van der Waals surface area (Å²) in [7, 11) is 1.45. The summed E-state index contributed by atoms with van der Waals surface area (Å²) in [6.45, 7) is 0. The largest absolute Gasteiger partial charge is 0.414 e. The van der Waals surface area contributed by atoms with Crippen molar-refractivity contribution in [1.29, 1.82) is 0 Å². The topological polar surface area (TPSA) is 34.1 Å².